The zero-order valence-electron chi connectivity index (χ0n) is 11.8. The van der Waals surface area contributed by atoms with Gasteiger partial charge in [0.25, 0.3) is 0 Å². The number of carboxylic acids is 1. The standard InChI is InChI=1S/C13H27NO3/c1-6-8-9-14(11(3)7-2)13(4,10-17-5)12(15)16/h11H,6-10H2,1-5H3,(H,15,16). The summed E-state index contributed by atoms with van der Waals surface area (Å²) < 4.78 is 5.10. The Bertz CT molecular complexity index is 233. The van der Waals surface area contributed by atoms with Crippen molar-refractivity contribution in [1.82, 2.24) is 4.90 Å². The molecule has 0 amide bonds. The van der Waals surface area contributed by atoms with E-state index in [1.54, 1.807) is 14.0 Å². The molecule has 0 aliphatic rings. The van der Waals surface area contributed by atoms with Gasteiger partial charge in [-0.15, -0.1) is 0 Å². The fourth-order valence-corrected chi connectivity index (χ4v) is 2.05. The summed E-state index contributed by atoms with van der Waals surface area (Å²) in [7, 11) is 1.55. The van der Waals surface area contributed by atoms with Crippen LogP contribution < -0.4 is 0 Å². The summed E-state index contributed by atoms with van der Waals surface area (Å²) in [6.07, 6.45) is 3.02. The van der Waals surface area contributed by atoms with Gasteiger partial charge in [-0.3, -0.25) is 9.69 Å². The van der Waals surface area contributed by atoms with E-state index >= 15 is 0 Å². The topological polar surface area (TPSA) is 49.8 Å². The lowest BCUT2D eigenvalue weighted by atomic mass is 9.97. The number of unbranched alkanes of at least 4 members (excludes halogenated alkanes) is 1. The number of rotatable bonds is 9. The number of hydrogen-bond acceptors (Lipinski definition) is 3. The molecular formula is C13H27NO3. The average molecular weight is 245 g/mol. The molecule has 102 valence electrons. The maximum atomic E-state index is 11.5. The number of methoxy groups -OCH3 is 1. The van der Waals surface area contributed by atoms with Gasteiger partial charge in [-0.05, 0) is 33.2 Å². The average Bonchev–Trinajstić information content (AvgIpc) is 2.29. The van der Waals surface area contributed by atoms with Crippen molar-refractivity contribution in [2.24, 2.45) is 0 Å². The molecule has 0 aliphatic heterocycles. The second-order valence-corrected chi connectivity index (χ2v) is 4.82. The molecule has 4 nitrogen and oxygen atoms in total. The minimum Gasteiger partial charge on any atom is -0.480 e. The molecule has 0 fully saturated rings. The first-order valence-corrected chi connectivity index (χ1v) is 6.43. The molecule has 2 atom stereocenters. The van der Waals surface area contributed by atoms with Crippen LogP contribution in [0.4, 0.5) is 0 Å². The highest BCUT2D eigenvalue weighted by Crippen LogP contribution is 2.22. The molecule has 0 saturated heterocycles. The fraction of sp³-hybridized carbons (Fsp3) is 0.923. The molecule has 2 unspecified atom stereocenters. The number of carboxylic acid groups (broad SMARTS) is 1. The Labute approximate surface area is 105 Å². The van der Waals surface area contributed by atoms with Gasteiger partial charge in [0, 0.05) is 13.2 Å². The summed E-state index contributed by atoms with van der Waals surface area (Å²) in [6.45, 7) is 9.04. The van der Waals surface area contributed by atoms with Gasteiger partial charge in [-0.1, -0.05) is 20.3 Å². The zero-order valence-corrected chi connectivity index (χ0v) is 11.8. The summed E-state index contributed by atoms with van der Waals surface area (Å²) in [5.74, 6) is -0.809. The van der Waals surface area contributed by atoms with Crippen molar-refractivity contribution in [2.45, 2.75) is 58.5 Å². The molecule has 0 bridgehead atoms. The van der Waals surface area contributed by atoms with Crippen LogP contribution in [0.2, 0.25) is 0 Å². The lowest BCUT2D eigenvalue weighted by Gasteiger charge is -2.41. The minimum atomic E-state index is -0.931. The Morgan fingerprint density at radius 2 is 2.06 bits per heavy atom. The van der Waals surface area contributed by atoms with E-state index < -0.39 is 11.5 Å². The van der Waals surface area contributed by atoms with Crippen LogP contribution in [-0.2, 0) is 9.53 Å². The van der Waals surface area contributed by atoms with Crippen LogP contribution in [0, 0.1) is 0 Å². The van der Waals surface area contributed by atoms with Crippen LogP contribution in [0.25, 0.3) is 0 Å². The van der Waals surface area contributed by atoms with Crippen LogP contribution in [-0.4, -0.2) is 47.8 Å². The van der Waals surface area contributed by atoms with Crippen molar-refractivity contribution in [3.05, 3.63) is 0 Å². The molecule has 0 spiro atoms. The van der Waals surface area contributed by atoms with E-state index in [-0.39, 0.29) is 12.6 Å². The molecule has 0 aliphatic carbocycles. The van der Waals surface area contributed by atoms with Gasteiger partial charge in [0.05, 0.1) is 6.61 Å². The van der Waals surface area contributed by atoms with Crippen LogP contribution in [0.15, 0.2) is 0 Å². The van der Waals surface area contributed by atoms with Crippen LogP contribution in [0.3, 0.4) is 0 Å². The van der Waals surface area contributed by atoms with E-state index in [2.05, 4.69) is 25.7 Å². The highest BCUT2D eigenvalue weighted by atomic mass is 16.5. The SMILES string of the molecule is CCCCN(C(C)CC)C(C)(COC)C(=O)O. The third-order valence-electron chi connectivity index (χ3n) is 3.40. The predicted octanol–water partition coefficient (Wildman–Crippen LogP) is 2.38. The maximum absolute atomic E-state index is 11.5. The van der Waals surface area contributed by atoms with Crippen LogP contribution in [0.1, 0.15) is 47.0 Å². The first kappa shape index (κ1) is 16.4. The smallest absolute Gasteiger partial charge is 0.326 e. The minimum absolute atomic E-state index is 0.219. The van der Waals surface area contributed by atoms with Gasteiger partial charge in [-0.25, -0.2) is 0 Å². The molecule has 0 aromatic heterocycles. The van der Waals surface area contributed by atoms with Crippen molar-refractivity contribution in [3.63, 3.8) is 0 Å². The molecule has 0 rings (SSSR count). The third kappa shape index (κ3) is 4.28. The monoisotopic (exact) mass is 245 g/mol. The molecule has 0 heterocycles. The van der Waals surface area contributed by atoms with Gasteiger partial charge >= 0.3 is 5.97 Å². The molecule has 0 radical (unpaired) electrons. The van der Waals surface area contributed by atoms with E-state index in [4.69, 9.17) is 4.74 Å². The van der Waals surface area contributed by atoms with Gasteiger partial charge in [0.2, 0.25) is 0 Å². The van der Waals surface area contributed by atoms with E-state index in [0.717, 1.165) is 25.8 Å². The van der Waals surface area contributed by atoms with Crippen molar-refractivity contribution < 1.29 is 14.6 Å². The number of aliphatic carboxylic acids is 1. The van der Waals surface area contributed by atoms with E-state index in [1.165, 1.54) is 0 Å². The largest absolute Gasteiger partial charge is 0.480 e. The predicted molar refractivity (Wildman–Crippen MR) is 69.3 cm³/mol. The fourth-order valence-electron chi connectivity index (χ4n) is 2.05. The molecule has 4 heteroatoms. The first-order chi connectivity index (χ1) is 7.93. The van der Waals surface area contributed by atoms with E-state index in [0.29, 0.717) is 0 Å². The number of carbonyl (C=O) groups is 1. The summed E-state index contributed by atoms with van der Waals surface area (Å²) in [6, 6.07) is 0.248. The zero-order chi connectivity index (χ0) is 13.5. The Morgan fingerprint density at radius 3 is 2.41 bits per heavy atom. The molecule has 1 N–H and O–H groups in total. The summed E-state index contributed by atoms with van der Waals surface area (Å²) >= 11 is 0. The van der Waals surface area contributed by atoms with Crippen molar-refractivity contribution in [2.75, 3.05) is 20.3 Å². The van der Waals surface area contributed by atoms with E-state index in [1.807, 2.05) is 0 Å². The second kappa shape index (κ2) is 7.67. The lowest BCUT2D eigenvalue weighted by Crippen LogP contribution is -2.58. The normalized spacial score (nSPS) is 16.8. The Balaban J connectivity index is 4.99. The lowest BCUT2D eigenvalue weighted by molar-refractivity contribution is -0.156. The van der Waals surface area contributed by atoms with Crippen molar-refractivity contribution in [3.8, 4) is 0 Å². The third-order valence-corrected chi connectivity index (χ3v) is 3.40. The Kier molecular flexibility index (Phi) is 7.39. The van der Waals surface area contributed by atoms with Gasteiger partial charge in [-0.2, -0.15) is 0 Å². The number of hydrogen-bond donors (Lipinski definition) is 1. The Hall–Kier alpha value is -0.610. The van der Waals surface area contributed by atoms with Crippen LogP contribution in [0.5, 0.6) is 0 Å². The van der Waals surface area contributed by atoms with Gasteiger partial charge in [0.15, 0.2) is 0 Å². The van der Waals surface area contributed by atoms with E-state index in [9.17, 15) is 9.90 Å². The molecule has 0 saturated carbocycles. The van der Waals surface area contributed by atoms with Gasteiger partial charge < -0.3 is 9.84 Å². The number of ether oxygens (including phenoxy) is 1. The highest BCUT2D eigenvalue weighted by molar-refractivity contribution is 5.78. The molecule has 17 heavy (non-hydrogen) atoms. The molecule has 0 aromatic rings. The number of nitrogens with zero attached hydrogens (tertiary/aromatic N) is 1. The summed E-state index contributed by atoms with van der Waals surface area (Å²) in [5, 5.41) is 9.46. The molecule has 0 aromatic carbocycles. The first-order valence-electron chi connectivity index (χ1n) is 6.43. The highest BCUT2D eigenvalue weighted by Gasteiger charge is 2.41. The van der Waals surface area contributed by atoms with Crippen molar-refractivity contribution >= 4 is 5.97 Å². The second-order valence-electron chi connectivity index (χ2n) is 4.82. The van der Waals surface area contributed by atoms with Gasteiger partial charge in [0.1, 0.15) is 5.54 Å². The quantitative estimate of drug-likeness (QED) is 0.677. The summed E-state index contributed by atoms with van der Waals surface area (Å²) in [5.41, 5.74) is -0.931. The van der Waals surface area contributed by atoms with Crippen molar-refractivity contribution in [1.29, 1.82) is 0 Å². The molecular weight excluding hydrogens is 218 g/mol. The Morgan fingerprint density at radius 1 is 1.47 bits per heavy atom. The summed E-state index contributed by atoms with van der Waals surface area (Å²) in [4.78, 5) is 13.6. The van der Waals surface area contributed by atoms with Crippen LogP contribution >= 0.6 is 0 Å². The maximum Gasteiger partial charge on any atom is 0.326 e.